The summed E-state index contributed by atoms with van der Waals surface area (Å²) in [6.07, 6.45) is -5.19. The lowest BCUT2D eigenvalue weighted by Gasteiger charge is -2.08. The van der Waals surface area contributed by atoms with Crippen molar-refractivity contribution >= 4 is 16.9 Å². The van der Waals surface area contributed by atoms with Gasteiger partial charge in [-0.2, -0.15) is 13.2 Å². The van der Waals surface area contributed by atoms with Crippen LogP contribution in [0.3, 0.4) is 0 Å². The third-order valence-electron chi connectivity index (χ3n) is 3.72. The van der Waals surface area contributed by atoms with Crippen LogP contribution in [0, 0.1) is 13.8 Å². The SMILES string of the molecule is Cc1ccc([S+](c2ccccc2)c2ccc(C)cc2)cc1.O=C([O-])C(F)(F)F. The number of carbonyl (C=O) groups is 1. The van der Waals surface area contributed by atoms with Crippen molar-refractivity contribution in [1.29, 1.82) is 0 Å². The summed E-state index contributed by atoms with van der Waals surface area (Å²) < 4.78 is 31.5. The van der Waals surface area contributed by atoms with Gasteiger partial charge in [0.1, 0.15) is 5.97 Å². The Hall–Kier alpha value is -2.73. The molecule has 0 N–H and O–H groups in total. The summed E-state index contributed by atoms with van der Waals surface area (Å²) in [5.74, 6) is -3.01. The van der Waals surface area contributed by atoms with E-state index in [0.717, 1.165) is 0 Å². The van der Waals surface area contributed by atoms with Gasteiger partial charge in [0.2, 0.25) is 0 Å². The Morgan fingerprint density at radius 3 is 1.36 bits per heavy atom. The van der Waals surface area contributed by atoms with Crippen LogP contribution < -0.4 is 5.11 Å². The van der Waals surface area contributed by atoms with Crippen LogP contribution in [0.2, 0.25) is 0 Å². The predicted molar refractivity (Wildman–Crippen MR) is 102 cm³/mol. The number of carbonyl (C=O) groups excluding carboxylic acids is 1. The molecular weight excluding hydrogens is 385 g/mol. The fraction of sp³-hybridized carbons (Fsp3) is 0.136. The molecule has 3 aromatic carbocycles. The third-order valence-corrected chi connectivity index (χ3v) is 5.95. The van der Waals surface area contributed by atoms with Crippen LogP contribution in [-0.4, -0.2) is 12.1 Å². The Bertz CT molecular complexity index is 844. The molecule has 3 rings (SSSR count). The van der Waals surface area contributed by atoms with Gasteiger partial charge in [0.05, 0.1) is 10.9 Å². The van der Waals surface area contributed by atoms with E-state index in [1.165, 1.54) is 25.8 Å². The summed E-state index contributed by atoms with van der Waals surface area (Å²) in [6.45, 7) is 4.27. The fourth-order valence-electron chi connectivity index (χ4n) is 2.31. The molecule has 0 spiro atoms. The van der Waals surface area contributed by atoms with E-state index in [-0.39, 0.29) is 10.9 Å². The van der Waals surface area contributed by atoms with E-state index in [0.29, 0.717) is 0 Å². The molecule has 0 fully saturated rings. The van der Waals surface area contributed by atoms with Crippen LogP contribution in [0.25, 0.3) is 0 Å². The largest absolute Gasteiger partial charge is 0.542 e. The molecule has 0 aliphatic rings. The van der Waals surface area contributed by atoms with Gasteiger partial charge in [-0.15, -0.1) is 0 Å². The Balaban J connectivity index is 0.000000345. The summed E-state index contributed by atoms with van der Waals surface area (Å²) in [5, 5.41) is 8.78. The molecule has 0 heterocycles. The highest BCUT2D eigenvalue weighted by Gasteiger charge is 2.29. The van der Waals surface area contributed by atoms with Crippen molar-refractivity contribution in [3.05, 3.63) is 90.0 Å². The van der Waals surface area contributed by atoms with Crippen molar-refractivity contribution in [2.45, 2.75) is 34.7 Å². The minimum absolute atomic E-state index is 0.0312. The number of alkyl halides is 3. The molecule has 0 unspecified atom stereocenters. The van der Waals surface area contributed by atoms with Gasteiger partial charge in [0.25, 0.3) is 0 Å². The maximum Gasteiger partial charge on any atom is 0.430 e. The van der Waals surface area contributed by atoms with Crippen molar-refractivity contribution in [2.24, 2.45) is 0 Å². The summed E-state index contributed by atoms with van der Waals surface area (Å²) in [7, 11) is -0.0312. The molecule has 3 aromatic rings. The third kappa shape index (κ3) is 6.16. The zero-order valence-electron chi connectivity index (χ0n) is 15.4. The Kier molecular flexibility index (Phi) is 7.29. The van der Waals surface area contributed by atoms with Gasteiger partial charge >= 0.3 is 6.18 Å². The molecule has 0 atom stereocenters. The molecule has 2 nitrogen and oxygen atoms in total. The van der Waals surface area contributed by atoms with E-state index < -0.39 is 12.1 Å². The lowest BCUT2D eigenvalue weighted by atomic mass is 10.2. The molecule has 0 radical (unpaired) electrons. The first-order valence-electron chi connectivity index (χ1n) is 8.39. The smallest absolute Gasteiger partial charge is 0.430 e. The number of aryl methyl sites for hydroxylation is 2. The number of benzene rings is 3. The molecule has 0 aliphatic heterocycles. The minimum Gasteiger partial charge on any atom is -0.542 e. The second kappa shape index (κ2) is 9.46. The zero-order chi connectivity index (χ0) is 20.7. The molecule has 0 saturated carbocycles. The molecule has 0 aromatic heterocycles. The number of hydrogen-bond donors (Lipinski definition) is 0. The second-order valence-electron chi connectivity index (χ2n) is 6.03. The Morgan fingerprint density at radius 1 is 0.714 bits per heavy atom. The van der Waals surface area contributed by atoms with E-state index in [1.54, 1.807) is 0 Å². The van der Waals surface area contributed by atoms with E-state index >= 15 is 0 Å². The second-order valence-corrected chi connectivity index (χ2v) is 8.06. The van der Waals surface area contributed by atoms with Gasteiger partial charge in [-0.25, -0.2) is 0 Å². The number of carboxylic acid groups (broad SMARTS) is 1. The van der Waals surface area contributed by atoms with E-state index in [4.69, 9.17) is 9.90 Å². The van der Waals surface area contributed by atoms with Crippen molar-refractivity contribution < 1.29 is 23.1 Å². The van der Waals surface area contributed by atoms with E-state index in [1.807, 2.05) is 0 Å². The first-order chi connectivity index (χ1) is 13.2. The van der Waals surface area contributed by atoms with Crippen LogP contribution in [0.1, 0.15) is 11.1 Å². The number of halogens is 3. The van der Waals surface area contributed by atoms with Gasteiger partial charge in [-0.1, -0.05) is 53.6 Å². The quantitative estimate of drug-likeness (QED) is 0.594. The normalized spacial score (nSPS) is 10.9. The zero-order valence-corrected chi connectivity index (χ0v) is 16.2. The van der Waals surface area contributed by atoms with Crippen LogP contribution in [0.4, 0.5) is 13.2 Å². The van der Waals surface area contributed by atoms with Gasteiger partial charge in [-0.3, -0.25) is 0 Å². The van der Waals surface area contributed by atoms with Crippen molar-refractivity contribution in [2.75, 3.05) is 0 Å². The number of aliphatic carboxylic acids is 1. The van der Waals surface area contributed by atoms with Gasteiger partial charge < -0.3 is 9.90 Å². The van der Waals surface area contributed by atoms with Crippen molar-refractivity contribution in [3.8, 4) is 0 Å². The van der Waals surface area contributed by atoms with Gasteiger partial charge in [-0.05, 0) is 50.2 Å². The van der Waals surface area contributed by atoms with Gasteiger partial charge in [0.15, 0.2) is 14.7 Å². The summed E-state index contributed by atoms with van der Waals surface area (Å²) in [6, 6.07) is 28.6. The molecule has 0 saturated heterocycles. The highest BCUT2D eigenvalue weighted by molar-refractivity contribution is 7.97. The molecule has 146 valence electrons. The van der Waals surface area contributed by atoms with Crippen molar-refractivity contribution in [3.63, 3.8) is 0 Å². The Morgan fingerprint density at radius 2 is 1.04 bits per heavy atom. The average molecular weight is 404 g/mol. The summed E-state index contributed by atoms with van der Waals surface area (Å²) >= 11 is 0. The van der Waals surface area contributed by atoms with E-state index in [2.05, 4.69) is 92.7 Å². The number of hydrogen-bond acceptors (Lipinski definition) is 2. The molecule has 0 aliphatic carbocycles. The van der Waals surface area contributed by atoms with Gasteiger partial charge in [0, 0.05) is 0 Å². The van der Waals surface area contributed by atoms with Crippen LogP contribution >= 0.6 is 0 Å². The molecular formula is C22H19F3O2S. The van der Waals surface area contributed by atoms with Crippen molar-refractivity contribution in [1.82, 2.24) is 0 Å². The van der Waals surface area contributed by atoms with Crippen LogP contribution in [0.5, 0.6) is 0 Å². The molecule has 28 heavy (non-hydrogen) atoms. The minimum atomic E-state index is -5.19. The summed E-state index contributed by atoms with van der Waals surface area (Å²) in [4.78, 5) is 12.9. The topological polar surface area (TPSA) is 40.1 Å². The van der Waals surface area contributed by atoms with E-state index in [9.17, 15) is 13.2 Å². The molecule has 0 amide bonds. The fourth-order valence-corrected chi connectivity index (χ4v) is 4.38. The lowest BCUT2D eigenvalue weighted by molar-refractivity contribution is -0.344. The maximum absolute atomic E-state index is 10.5. The van der Waals surface area contributed by atoms with Crippen LogP contribution in [-0.2, 0) is 15.7 Å². The molecule has 6 heteroatoms. The lowest BCUT2D eigenvalue weighted by Crippen LogP contribution is -2.37. The van der Waals surface area contributed by atoms with Crippen LogP contribution in [0.15, 0.2) is 93.5 Å². The summed E-state index contributed by atoms with van der Waals surface area (Å²) in [5.41, 5.74) is 2.61. The molecule has 0 bridgehead atoms. The average Bonchev–Trinajstić information content (AvgIpc) is 2.66. The highest BCUT2D eigenvalue weighted by Crippen LogP contribution is 2.31. The first kappa shape index (κ1) is 21.6. The number of rotatable bonds is 3. The Labute approximate surface area is 165 Å². The first-order valence-corrected chi connectivity index (χ1v) is 9.62. The highest BCUT2D eigenvalue weighted by atomic mass is 32.2. The number of carboxylic acids is 1. The monoisotopic (exact) mass is 404 g/mol. The predicted octanol–water partition coefficient (Wildman–Crippen LogP) is 4.70. The standard InChI is InChI=1S/C20H19S.C2HF3O2/c1-16-8-12-19(13-9-16)21(18-6-4-3-5-7-18)20-14-10-17(2)11-15-20;3-2(4,5)1(6)7/h3-15H,1-2H3;(H,6,7)/q+1;/p-1. The maximum atomic E-state index is 10.5.